The second-order valence-electron chi connectivity index (χ2n) is 2.65. The Morgan fingerprint density at radius 3 is 2.69 bits per heavy atom. The molecular formula is C9H7BrClIO. The van der Waals surface area contributed by atoms with Gasteiger partial charge in [0.15, 0.2) is 5.78 Å². The lowest BCUT2D eigenvalue weighted by atomic mass is 10.1. The molecule has 0 bridgehead atoms. The van der Waals surface area contributed by atoms with Crippen LogP contribution in [0.25, 0.3) is 0 Å². The normalized spacial score (nSPS) is 10.2. The van der Waals surface area contributed by atoms with Crippen LogP contribution in [0.5, 0.6) is 0 Å². The van der Waals surface area contributed by atoms with E-state index in [9.17, 15) is 4.79 Å². The average molecular weight is 373 g/mol. The van der Waals surface area contributed by atoms with E-state index in [4.69, 9.17) is 11.6 Å². The van der Waals surface area contributed by atoms with Gasteiger partial charge in [-0.25, -0.2) is 0 Å². The maximum absolute atomic E-state index is 11.3. The van der Waals surface area contributed by atoms with E-state index in [-0.39, 0.29) is 11.7 Å². The molecule has 1 rings (SSSR count). The van der Waals surface area contributed by atoms with Crippen molar-refractivity contribution >= 4 is 55.9 Å². The van der Waals surface area contributed by atoms with Gasteiger partial charge in [-0.05, 0) is 63.1 Å². The Balaban J connectivity index is 3.20. The van der Waals surface area contributed by atoms with Gasteiger partial charge >= 0.3 is 0 Å². The van der Waals surface area contributed by atoms with Gasteiger partial charge in [0.05, 0.1) is 5.88 Å². The Kier molecular flexibility index (Phi) is 4.19. The Morgan fingerprint density at radius 2 is 2.23 bits per heavy atom. The number of hydrogen-bond donors (Lipinski definition) is 0. The summed E-state index contributed by atoms with van der Waals surface area (Å²) in [6, 6.07) is 3.66. The monoisotopic (exact) mass is 372 g/mol. The number of carbonyl (C=O) groups excluding carboxylic acids is 1. The smallest absolute Gasteiger partial charge is 0.177 e. The van der Waals surface area contributed by atoms with Gasteiger partial charge in [-0.1, -0.05) is 0 Å². The predicted molar refractivity (Wildman–Crippen MR) is 66.6 cm³/mol. The van der Waals surface area contributed by atoms with Crippen molar-refractivity contribution in [2.75, 3.05) is 5.88 Å². The molecule has 0 radical (unpaired) electrons. The van der Waals surface area contributed by atoms with Crippen molar-refractivity contribution in [1.82, 2.24) is 0 Å². The van der Waals surface area contributed by atoms with Crippen LogP contribution in [-0.2, 0) is 0 Å². The van der Waals surface area contributed by atoms with Crippen molar-refractivity contribution in [3.05, 3.63) is 31.3 Å². The molecule has 0 aromatic heterocycles. The molecule has 4 heteroatoms. The van der Waals surface area contributed by atoms with Crippen LogP contribution in [0.2, 0.25) is 0 Å². The van der Waals surface area contributed by atoms with Crippen LogP contribution in [0.4, 0.5) is 0 Å². The Morgan fingerprint density at radius 1 is 1.62 bits per heavy atom. The molecule has 0 fully saturated rings. The molecule has 0 heterocycles. The molecule has 1 aromatic rings. The molecule has 0 unspecified atom stereocenters. The fourth-order valence-corrected chi connectivity index (χ4v) is 1.99. The quantitative estimate of drug-likeness (QED) is 0.438. The zero-order valence-corrected chi connectivity index (χ0v) is 11.4. The second-order valence-corrected chi connectivity index (χ2v) is 4.85. The first-order valence-corrected chi connectivity index (χ1v) is 6.01. The number of Topliss-reactive ketones (excluding diaryl/α,β-unsaturated/α-hetero) is 1. The lowest BCUT2D eigenvalue weighted by Crippen LogP contribution is -2.01. The Hall–Kier alpha value is 0.390. The van der Waals surface area contributed by atoms with Gasteiger partial charge in [-0.3, -0.25) is 4.79 Å². The van der Waals surface area contributed by atoms with Gasteiger partial charge in [-0.2, -0.15) is 0 Å². The summed E-state index contributed by atoms with van der Waals surface area (Å²) < 4.78 is 2.07. The molecule has 0 atom stereocenters. The first-order chi connectivity index (χ1) is 6.06. The third-order valence-electron chi connectivity index (χ3n) is 1.65. The number of halogens is 3. The number of aryl methyl sites for hydroxylation is 1. The zero-order valence-electron chi connectivity index (χ0n) is 6.90. The van der Waals surface area contributed by atoms with Gasteiger partial charge in [0.25, 0.3) is 0 Å². The van der Waals surface area contributed by atoms with Crippen LogP contribution in [0.3, 0.4) is 0 Å². The van der Waals surface area contributed by atoms with E-state index in [0.29, 0.717) is 5.56 Å². The summed E-state index contributed by atoms with van der Waals surface area (Å²) in [4.78, 5) is 11.3. The van der Waals surface area contributed by atoms with Crippen LogP contribution in [0.1, 0.15) is 15.9 Å². The minimum Gasteiger partial charge on any atom is -0.293 e. The summed E-state index contributed by atoms with van der Waals surface area (Å²) in [7, 11) is 0. The van der Waals surface area contributed by atoms with E-state index >= 15 is 0 Å². The third-order valence-corrected chi connectivity index (χ3v) is 4.69. The molecule has 0 N–H and O–H groups in total. The molecule has 1 nitrogen and oxygen atoms in total. The Labute approximate surface area is 104 Å². The number of ketones is 1. The minimum atomic E-state index is -0.0399. The molecule has 13 heavy (non-hydrogen) atoms. The highest BCUT2D eigenvalue weighted by Crippen LogP contribution is 2.24. The van der Waals surface area contributed by atoms with E-state index in [1.165, 1.54) is 0 Å². The van der Waals surface area contributed by atoms with Crippen LogP contribution >= 0.6 is 50.1 Å². The largest absolute Gasteiger partial charge is 0.293 e. The van der Waals surface area contributed by atoms with Gasteiger partial charge in [0.2, 0.25) is 0 Å². The molecular weight excluding hydrogens is 366 g/mol. The highest BCUT2D eigenvalue weighted by atomic mass is 127. The molecule has 0 amide bonds. The predicted octanol–water partition coefficient (Wildman–Crippen LogP) is 3.78. The average Bonchev–Trinajstić information content (AvgIpc) is 2.12. The molecule has 0 saturated carbocycles. The number of carbonyl (C=O) groups is 1. The Bertz CT molecular complexity index is 328. The van der Waals surface area contributed by atoms with Crippen molar-refractivity contribution in [3.8, 4) is 0 Å². The number of benzene rings is 1. The maximum atomic E-state index is 11.3. The number of hydrogen-bond acceptors (Lipinski definition) is 1. The fraction of sp³-hybridized carbons (Fsp3) is 0.222. The van der Waals surface area contributed by atoms with Crippen LogP contribution in [0.15, 0.2) is 16.6 Å². The van der Waals surface area contributed by atoms with E-state index in [0.717, 1.165) is 13.6 Å². The molecule has 0 aliphatic heterocycles. The van der Waals surface area contributed by atoms with Crippen molar-refractivity contribution < 1.29 is 4.79 Å². The van der Waals surface area contributed by atoms with Gasteiger partial charge < -0.3 is 0 Å². The standard InChI is InChI=1S/C9H7BrClIO/c1-5-2-6(8(13)4-11)3-7(10)9(5)12/h2-3H,4H2,1H3. The van der Waals surface area contributed by atoms with Crippen molar-refractivity contribution in [3.63, 3.8) is 0 Å². The van der Waals surface area contributed by atoms with Crippen LogP contribution in [-0.4, -0.2) is 11.7 Å². The molecule has 70 valence electrons. The highest BCUT2D eigenvalue weighted by molar-refractivity contribution is 14.1. The number of alkyl halides is 1. The van der Waals surface area contributed by atoms with E-state index in [1.807, 2.05) is 13.0 Å². The third kappa shape index (κ3) is 2.67. The maximum Gasteiger partial charge on any atom is 0.177 e. The van der Waals surface area contributed by atoms with Crippen molar-refractivity contribution in [1.29, 1.82) is 0 Å². The molecule has 0 spiro atoms. The SMILES string of the molecule is Cc1cc(C(=O)CCl)cc(Br)c1I. The van der Waals surface area contributed by atoms with E-state index in [2.05, 4.69) is 38.5 Å². The van der Waals surface area contributed by atoms with Gasteiger partial charge in [0.1, 0.15) is 0 Å². The first kappa shape index (κ1) is 11.5. The van der Waals surface area contributed by atoms with Gasteiger partial charge in [0, 0.05) is 13.6 Å². The summed E-state index contributed by atoms with van der Waals surface area (Å²) in [5, 5.41) is 0. The summed E-state index contributed by atoms with van der Waals surface area (Å²) in [5.41, 5.74) is 1.75. The lowest BCUT2D eigenvalue weighted by Gasteiger charge is -2.04. The molecule has 0 saturated heterocycles. The molecule has 0 aliphatic carbocycles. The van der Waals surface area contributed by atoms with Gasteiger partial charge in [-0.15, -0.1) is 11.6 Å². The fourth-order valence-electron chi connectivity index (χ4n) is 0.965. The first-order valence-electron chi connectivity index (χ1n) is 3.61. The van der Waals surface area contributed by atoms with Crippen molar-refractivity contribution in [2.45, 2.75) is 6.92 Å². The second kappa shape index (κ2) is 4.75. The van der Waals surface area contributed by atoms with Crippen LogP contribution in [0, 0.1) is 10.5 Å². The van der Waals surface area contributed by atoms with E-state index in [1.54, 1.807) is 6.07 Å². The summed E-state index contributed by atoms with van der Waals surface area (Å²) in [5.74, 6) is -0.00574. The van der Waals surface area contributed by atoms with Crippen molar-refractivity contribution in [2.24, 2.45) is 0 Å². The topological polar surface area (TPSA) is 17.1 Å². The molecule has 1 aromatic carbocycles. The molecule has 0 aliphatic rings. The number of rotatable bonds is 2. The lowest BCUT2D eigenvalue weighted by molar-refractivity contribution is 0.102. The van der Waals surface area contributed by atoms with E-state index < -0.39 is 0 Å². The zero-order chi connectivity index (χ0) is 10.0. The van der Waals surface area contributed by atoms with Crippen LogP contribution < -0.4 is 0 Å². The summed E-state index contributed by atoms with van der Waals surface area (Å²) in [6.45, 7) is 1.97. The summed E-state index contributed by atoms with van der Waals surface area (Å²) in [6.07, 6.45) is 0. The minimum absolute atomic E-state index is 0.0342. The summed E-state index contributed by atoms with van der Waals surface area (Å²) >= 11 is 11.1. The highest BCUT2D eigenvalue weighted by Gasteiger charge is 2.08.